The van der Waals surface area contributed by atoms with Crippen LogP contribution in [0.2, 0.25) is 0 Å². The summed E-state index contributed by atoms with van der Waals surface area (Å²) in [7, 11) is 0. The standard InChI is InChI=1S/C12H13N3OS2/c1-2-4-10(5-3-1)11-13-18-12(14-17-11)15-6-8-16-9-7-15/h1-5H,6-9H2. The Morgan fingerprint density at radius 2 is 1.78 bits per heavy atom. The van der Waals surface area contributed by atoms with E-state index in [1.54, 1.807) is 0 Å². The van der Waals surface area contributed by atoms with Crippen molar-refractivity contribution in [2.75, 3.05) is 26.3 Å². The number of hydrogen-bond acceptors (Lipinski definition) is 6. The highest BCUT2D eigenvalue weighted by atomic mass is 32.2. The first-order valence-corrected chi connectivity index (χ1v) is 7.36. The van der Waals surface area contributed by atoms with Gasteiger partial charge in [-0.05, 0) is 0 Å². The van der Waals surface area contributed by atoms with Crippen molar-refractivity contribution in [2.45, 2.75) is 0 Å². The molecule has 6 heteroatoms. The predicted molar refractivity (Wildman–Crippen MR) is 78.0 cm³/mol. The van der Waals surface area contributed by atoms with E-state index in [0.29, 0.717) is 0 Å². The number of rotatable bonds is 1. The molecule has 2 aliphatic rings. The molecule has 0 saturated carbocycles. The normalized spacial score (nSPS) is 20.3. The molecule has 4 nitrogen and oxygen atoms in total. The van der Waals surface area contributed by atoms with Crippen molar-refractivity contribution < 1.29 is 4.74 Å². The molecule has 1 aromatic carbocycles. The van der Waals surface area contributed by atoms with E-state index in [1.165, 1.54) is 23.9 Å². The van der Waals surface area contributed by atoms with Gasteiger partial charge in [0.1, 0.15) is 5.04 Å². The minimum absolute atomic E-state index is 0.777. The van der Waals surface area contributed by atoms with Gasteiger partial charge in [0, 0.05) is 30.6 Å². The number of benzene rings is 1. The number of nitrogens with zero attached hydrogens (tertiary/aromatic N) is 3. The molecule has 0 bridgehead atoms. The fourth-order valence-electron chi connectivity index (χ4n) is 1.75. The van der Waals surface area contributed by atoms with Gasteiger partial charge in [-0.1, -0.05) is 30.3 Å². The summed E-state index contributed by atoms with van der Waals surface area (Å²) in [6.07, 6.45) is 0. The molecule has 2 aliphatic heterocycles. The second kappa shape index (κ2) is 5.77. The summed E-state index contributed by atoms with van der Waals surface area (Å²) in [5, 5.41) is 1.96. The van der Waals surface area contributed by atoms with Crippen LogP contribution in [-0.4, -0.2) is 41.4 Å². The van der Waals surface area contributed by atoms with Gasteiger partial charge < -0.3 is 9.64 Å². The van der Waals surface area contributed by atoms with Gasteiger partial charge in [0.15, 0.2) is 5.17 Å². The van der Waals surface area contributed by atoms with E-state index in [2.05, 4.69) is 25.8 Å². The van der Waals surface area contributed by atoms with Crippen molar-refractivity contribution in [1.29, 1.82) is 0 Å². The lowest BCUT2D eigenvalue weighted by molar-refractivity contribution is 0.0694. The SMILES string of the molecule is c1ccc(C2=NSC(N3CCOCC3)=NS2)cc1. The van der Waals surface area contributed by atoms with Crippen LogP contribution < -0.4 is 0 Å². The largest absolute Gasteiger partial charge is 0.378 e. The number of ether oxygens (including phenoxy) is 1. The van der Waals surface area contributed by atoms with Gasteiger partial charge in [0.05, 0.1) is 25.2 Å². The zero-order valence-corrected chi connectivity index (χ0v) is 11.4. The molecule has 0 N–H and O–H groups in total. The molecular formula is C12H13N3OS2. The summed E-state index contributed by atoms with van der Waals surface area (Å²) in [4.78, 5) is 2.23. The summed E-state index contributed by atoms with van der Waals surface area (Å²) in [6, 6.07) is 10.2. The highest BCUT2D eigenvalue weighted by Crippen LogP contribution is 2.27. The van der Waals surface area contributed by atoms with Crippen LogP contribution >= 0.6 is 23.9 Å². The van der Waals surface area contributed by atoms with Gasteiger partial charge in [-0.25, -0.2) is 0 Å². The Balaban J connectivity index is 1.66. The van der Waals surface area contributed by atoms with Crippen LogP contribution in [0.1, 0.15) is 5.56 Å². The molecule has 1 aromatic rings. The summed E-state index contributed by atoms with van der Waals surface area (Å²) < 4.78 is 14.4. The fourth-order valence-corrected chi connectivity index (χ4v) is 3.33. The van der Waals surface area contributed by atoms with E-state index in [1.807, 2.05) is 18.2 Å². The third kappa shape index (κ3) is 2.71. The lowest BCUT2D eigenvalue weighted by Crippen LogP contribution is -2.39. The van der Waals surface area contributed by atoms with Crippen LogP contribution in [0.5, 0.6) is 0 Å². The van der Waals surface area contributed by atoms with Crippen molar-refractivity contribution >= 4 is 34.1 Å². The highest BCUT2D eigenvalue weighted by molar-refractivity contribution is 8.20. The lowest BCUT2D eigenvalue weighted by atomic mass is 10.2. The van der Waals surface area contributed by atoms with E-state index < -0.39 is 0 Å². The zero-order chi connectivity index (χ0) is 12.2. The Hall–Kier alpha value is -0.980. The van der Waals surface area contributed by atoms with Crippen molar-refractivity contribution in [2.24, 2.45) is 8.80 Å². The predicted octanol–water partition coefficient (Wildman–Crippen LogP) is 2.43. The molecule has 0 amide bonds. The first-order valence-electron chi connectivity index (χ1n) is 5.81. The van der Waals surface area contributed by atoms with Gasteiger partial charge >= 0.3 is 0 Å². The second-order valence-corrected chi connectivity index (χ2v) is 5.40. The maximum Gasteiger partial charge on any atom is 0.194 e. The number of morpholine rings is 1. The third-order valence-corrected chi connectivity index (χ3v) is 4.50. The molecule has 0 unspecified atom stereocenters. The van der Waals surface area contributed by atoms with Gasteiger partial charge in [-0.15, -0.1) is 0 Å². The first-order chi connectivity index (χ1) is 8.93. The van der Waals surface area contributed by atoms with Crippen molar-refractivity contribution in [3.63, 3.8) is 0 Å². The monoisotopic (exact) mass is 279 g/mol. The van der Waals surface area contributed by atoms with Crippen LogP contribution in [0.15, 0.2) is 39.1 Å². The molecule has 0 aliphatic carbocycles. The highest BCUT2D eigenvalue weighted by Gasteiger charge is 2.20. The molecule has 1 fully saturated rings. The van der Waals surface area contributed by atoms with E-state index >= 15 is 0 Å². The van der Waals surface area contributed by atoms with Crippen LogP contribution in [0.4, 0.5) is 0 Å². The molecule has 0 radical (unpaired) electrons. The lowest BCUT2D eigenvalue weighted by Gasteiger charge is -2.29. The molecule has 1 saturated heterocycles. The number of amidine groups is 1. The molecule has 0 spiro atoms. The average Bonchev–Trinajstić information content (AvgIpc) is 2.49. The summed E-state index contributed by atoms with van der Waals surface area (Å²) in [5.41, 5.74) is 1.12. The smallest absolute Gasteiger partial charge is 0.194 e. The summed E-state index contributed by atoms with van der Waals surface area (Å²) >= 11 is 2.91. The Labute approximate surface area is 115 Å². The van der Waals surface area contributed by atoms with E-state index in [4.69, 9.17) is 4.74 Å². The minimum atomic E-state index is 0.777. The van der Waals surface area contributed by atoms with Crippen LogP contribution in [-0.2, 0) is 4.74 Å². The molecular weight excluding hydrogens is 266 g/mol. The minimum Gasteiger partial charge on any atom is -0.378 e. The Morgan fingerprint density at radius 1 is 1.00 bits per heavy atom. The molecule has 94 valence electrons. The van der Waals surface area contributed by atoms with E-state index in [-0.39, 0.29) is 0 Å². The second-order valence-electron chi connectivity index (χ2n) is 3.92. The van der Waals surface area contributed by atoms with E-state index in [0.717, 1.165) is 42.1 Å². The Bertz CT molecular complexity index is 469. The molecule has 2 heterocycles. The van der Waals surface area contributed by atoms with Crippen molar-refractivity contribution in [1.82, 2.24) is 4.90 Å². The van der Waals surface area contributed by atoms with Crippen molar-refractivity contribution in [3.8, 4) is 0 Å². The number of hydrogen-bond donors (Lipinski definition) is 0. The molecule has 0 aromatic heterocycles. The molecule has 3 rings (SSSR count). The molecule has 0 atom stereocenters. The molecule has 18 heavy (non-hydrogen) atoms. The first kappa shape index (κ1) is 12.1. The Kier molecular flexibility index (Phi) is 3.87. The zero-order valence-electron chi connectivity index (χ0n) is 9.78. The van der Waals surface area contributed by atoms with Crippen LogP contribution in [0.3, 0.4) is 0 Å². The third-order valence-electron chi connectivity index (χ3n) is 2.72. The van der Waals surface area contributed by atoms with Gasteiger partial charge in [-0.2, -0.15) is 8.80 Å². The van der Waals surface area contributed by atoms with Gasteiger partial charge in [-0.3, -0.25) is 0 Å². The Morgan fingerprint density at radius 3 is 2.44 bits per heavy atom. The van der Waals surface area contributed by atoms with Crippen LogP contribution in [0.25, 0.3) is 0 Å². The summed E-state index contributed by atoms with van der Waals surface area (Å²) in [5.74, 6) is 0. The topological polar surface area (TPSA) is 37.2 Å². The average molecular weight is 279 g/mol. The van der Waals surface area contributed by atoms with Gasteiger partial charge in [0.25, 0.3) is 0 Å². The van der Waals surface area contributed by atoms with Crippen molar-refractivity contribution in [3.05, 3.63) is 35.9 Å². The summed E-state index contributed by atoms with van der Waals surface area (Å²) in [6.45, 7) is 3.37. The maximum absolute atomic E-state index is 5.33. The van der Waals surface area contributed by atoms with E-state index in [9.17, 15) is 0 Å². The quantitative estimate of drug-likeness (QED) is 0.740. The van der Waals surface area contributed by atoms with Gasteiger partial charge in [0.2, 0.25) is 0 Å². The maximum atomic E-state index is 5.33. The fraction of sp³-hybridized carbons (Fsp3) is 0.333. The van der Waals surface area contributed by atoms with Crippen LogP contribution in [0, 0.1) is 0 Å².